The molecule has 1 aliphatic rings. The summed E-state index contributed by atoms with van der Waals surface area (Å²) in [5.74, 6) is 0.827. The maximum atomic E-state index is 5.38. The number of likely N-dealkylation sites (N-methyl/N-ethyl adjacent to an activating group) is 1. The first-order valence-corrected chi connectivity index (χ1v) is 8.77. The van der Waals surface area contributed by atoms with E-state index < -0.39 is 0 Å². The van der Waals surface area contributed by atoms with Crippen LogP contribution in [-0.2, 0) is 11.3 Å². The van der Waals surface area contributed by atoms with Crippen molar-refractivity contribution in [2.75, 3.05) is 50.6 Å². The number of piperazine rings is 1. The Morgan fingerprint density at radius 1 is 1.16 bits per heavy atom. The van der Waals surface area contributed by atoms with Crippen LogP contribution < -0.4 is 10.2 Å². The van der Waals surface area contributed by atoms with Crippen molar-refractivity contribution < 1.29 is 4.74 Å². The molecule has 134 valence electrons. The van der Waals surface area contributed by atoms with Crippen LogP contribution >= 0.6 is 0 Å². The Labute approximate surface area is 149 Å². The molecule has 1 N–H and O–H groups in total. The van der Waals surface area contributed by atoms with Gasteiger partial charge in [-0.05, 0) is 31.7 Å². The van der Waals surface area contributed by atoms with Crippen LogP contribution in [0.25, 0.3) is 0 Å². The highest BCUT2D eigenvalue weighted by molar-refractivity contribution is 5.46. The molecule has 0 saturated carbocycles. The molecular formula is C19H27N5O. The normalized spacial score (nSPS) is 16.7. The number of nitrogens with zero attached hydrogens (tertiary/aromatic N) is 4. The third kappa shape index (κ3) is 4.67. The summed E-state index contributed by atoms with van der Waals surface area (Å²) in [6.07, 6.45) is 3.91. The van der Waals surface area contributed by atoms with Gasteiger partial charge in [0.25, 0.3) is 0 Å². The topological polar surface area (TPSA) is 53.5 Å². The van der Waals surface area contributed by atoms with E-state index in [0.717, 1.165) is 48.9 Å². The molecule has 25 heavy (non-hydrogen) atoms. The molecule has 1 fully saturated rings. The van der Waals surface area contributed by atoms with Gasteiger partial charge in [-0.25, -0.2) is 9.97 Å². The van der Waals surface area contributed by atoms with Gasteiger partial charge in [0.15, 0.2) is 0 Å². The number of nitrogens with one attached hydrogen (secondary N) is 1. The molecule has 1 aromatic carbocycles. The quantitative estimate of drug-likeness (QED) is 0.871. The van der Waals surface area contributed by atoms with E-state index in [4.69, 9.17) is 4.74 Å². The Bertz CT molecular complexity index is 668. The van der Waals surface area contributed by atoms with Crippen LogP contribution in [-0.4, -0.2) is 55.2 Å². The summed E-state index contributed by atoms with van der Waals surface area (Å²) in [4.78, 5) is 13.6. The van der Waals surface area contributed by atoms with Crippen molar-refractivity contribution in [3.63, 3.8) is 0 Å². The van der Waals surface area contributed by atoms with E-state index in [1.807, 2.05) is 25.4 Å². The monoisotopic (exact) mass is 341 g/mol. The minimum atomic E-state index is 0.0907. The molecule has 0 spiro atoms. The van der Waals surface area contributed by atoms with Crippen molar-refractivity contribution in [1.82, 2.24) is 14.9 Å². The molecule has 1 aliphatic heterocycles. The summed E-state index contributed by atoms with van der Waals surface area (Å²) in [6, 6.07) is 8.30. The molecule has 1 unspecified atom stereocenters. The maximum Gasteiger partial charge on any atom is 0.225 e. The molecule has 1 atom stereocenters. The fourth-order valence-electron chi connectivity index (χ4n) is 2.85. The third-order valence-electron chi connectivity index (χ3n) is 4.68. The zero-order chi connectivity index (χ0) is 17.6. The molecule has 0 bridgehead atoms. The second-order valence-corrected chi connectivity index (χ2v) is 6.54. The highest BCUT2D eigenvalue weighted by atomic mass is 16.5. The molecule has 3 rings (SSSR count). The van der Waals surface area contributed by atoms with Crippen molar-refractivity contribution in [2.24, 2.45) is 0 Å². The van der Waals surface area contributed by atoms with Crippen molar-refractivity contribution >= 4 is 11.6 Å². The largest absolute Gasteiger partial charge is 0.381 e. The first-order chi connectivity index (χ1) is 12.2. The number of aromatic nitrogens is 2. The fourth-order valence-corrected chi connectivity index (χ4v) is 2.85. The molecule has 6 nitrogen and oxygen atoms in total. The number of anilines is 2. The van der Waals surface area contributed by atoms with Gasteiger partial charge in [-0.2, -0.15) is 0 Å². The second-order valence-electron chi connectivity index (χ2n) is 6.54. The predicted molar refractivity (Wildman–Crippen MR) is 101 cm³/mol. The molecule has 0 amide bonds. The van der Waals surface area contributed by atoms with E-state index in [2.05, 4.69) is 50.3 Å². The van der Waals surface area contributed by atoms with Gasteiger partial charge in [0, 0.05) is 63.5 Å². The van der Waals surface area contributed by atoms with Crippen LogP contribution in [0.15, 0.2) is 36.7 Å². The summed E-state index contributed by atoms with van der Waals surface area (Å²) in [5, 5.41) is 3.43. The van der Waals surface area contributed by atoms with Gasteiger partial charge in [-0.3, -0.25) is 0 Å². The number of methoxy groups -OCH3 is 1. The number of hydrogen-bond donors (Lipinski definition) is 1. The molecule has 6 heteroatoms. The molecule has 0 aliphatic carbocycles. The summed E-state index contributed by atoms with van der Waals surface area (Å²) >= 11 is 0. The van der Waals surface area contributed by atoms with Crippen LogP contribution in [0.2, 0.25) is 0 Å². The standard InChI is InChI=1S/C19H27N5O/c1-15(25-3)17-5-4-6-18(11-17)20-12-16-13-21-19(22-14-16)24-9-7-23(2)8-10-24/h4-6,11,13-15,20H,7-10,12H2,1-3H3. The molecular weight excluding hydrogens is 314 g/mol. The first kappa shape index (κ1) is 17.6. The lowest BCUT2D eigenvalue weighted by atomic mass is 10.1. The maximum absolute atomic E-state index is 5.38. The Morgan fingerprint density at radius 2 is 1.88 bits per heavy atom. The van der Waals surface area contributed by atoms with E-state index in [1.54, 1.807) is 7.11 Å². The number of hydrogen-bond acceptors (Lipinski definition) is 6. The van der Waals surface area contributed by atoms with Gasteiger partial charge in [0.1, 0.15) is 0 Å². The van der Waals surface area contributed by atoms with Crippen LogP contribution in [0.1, 0.15) is 24.2 Å². The minimum absolute atomic E-state index is 0.0907. The van der Waals surface area contributed by atoms with Gasteiger partial charge in [0.2, 0.25) is 5.95 Å². The summed E-state index contributed by atoms with van der Waals surface area (Å²) in [5.41, 5.74) is 3.31. The fraction of sp³-hybridized carbons (Fsp3) is 0.474. The highest BCUT2D eigenvalue weighted by Gasteiger charge is 2.16. The van der Waals surface area contributed by atoms with Gasteiger partial charge in [0.05, 0.1) is 6.10 Å². The van der Waals surface area contributed by atoms with E-state index >= 15 is 0 Å². The lowest BCUT2D eigenvalue weighted by Crippen LogP contribution is -2.45. The Hall–Kier alpha value is -2.18. The van der Waals surface area contributed by atoms with E-state index in [1.165, 1.54) is 0 Å². The third-order valence-corrected chi connectivity index (χ3v) is 4.68. The van der Waals surface area contributed by atoms with Crippen molar-refractivity contribution in [3.05, 3.63) is 47.8 Å². The van der Waals surface area contributed by atoms with Crippen molar-refractivity contribution in [3.8, 4) is 0 Å². The van der Waals surface area contributed by atoms with Gasteiger partial charge in [-0.1, -0.05) is 12.1 Å². The lowest BCUT2D eigenvalue weighted by Gasteiger charge is -2.32. The Balaban J connectivity index is 1.57. The SMILES string of the molecule is COC(C)c1cccc(NCc2cnc(N3CCN(C)CC3)nc2)c1. The summed E-state index contributed by atoms with van der Waals surface area (Å²) in [7, 11) is 3.87. The molecule has 1 saturated heterocycles. The van der Waals surface area contributed by atoms with Crippen LogP contribution in [0.3, 0.4) is 0 Å². The van der Waals surface area contributed by atoms with E-state index in [9.17, 15) is 0 Å². The van der Waals surface area contributed by atoms with E-state index in [0.29, 0.717) is 6.54 Å². The molecule has 0 radical (unpaired) electrons. The van der Waals surface area contributed by atoms with Crippen molar-refractivity contribution in [2.45, 2.75) is 19.6 Å². The molecule has 2 aromatic rings. The van der Waals surface area contributed by atoms with Crippen LogP contribution in [0.4, 0.5) is 11.6 Å². The van der Waals surface area contributed by atoms with Gasteiger partial charge < -0.3 is 19.9 Å². The summed E-state index contributed by atoms with van der Waals surface area (Å²) in [6.45, 7) is 6.83. The predicted octanol–water partition coefficient (Wildman–Crippen LogP) is 2.55. The van der Waals surface area contributed by atoms with Crippen LogP contribution in [0.5, 0.6) is 0 Å². The lowest BCUT2D eigenvalue weighted by molar-refractivity contribution is 0.119. The zero-order valence-electron chi connectivity index (χ0n) is 15.3. The highest BCUT2D eigenvalue weighted by Crippen LogP contribution is 2.20. The number of ether oxygens (including phenoxy) is 1. The molecule has 2 heterocycles. The first-order valence-electron chi connectivity index (χ1n) is 8.77. The molecule has 1 aromatic heterocycles. The van der Waals surface area contributed by atoms with E-state index in [-0.39, 0.29) is 6.10 Å². The van der Waals surface area contributed by atoms with Gasteiger partial charge in [-0.15, -0.1) is 0 Å². The smallest absolute Gasteiger partial charge is 0.225 e. The Morgan fingerprint density at radius 3 is 2.56 bits per heavy atom. The number of benzene rings is 1. The zero-order valence-corrected chi connectivity index (χ0v) is 15.3. The van der Waals surface area contributed by atoms with Crippen molar-refractivity contribution in [1.29, 1.82) is 0 Å². The second kappa shape index (κ2) is 8.27. The van der Waals surface area contributed by atoms with Crippen LogP contribution in [0, 0.1) is 0 Å². The minimum Gasteiger partial charge on any atom is -0.381 e. The Kier molecular flexibility index (Phi) is 5.83. The number of rotatable bonds is 6. The average Bonchev–Trinajstić information content (AvgIpc) is 2.67. The van der Waals surface area contributed by atoms with Gasteiger partial charge >= 0.3 is 0 Å². The average molecular weight is 341 g/mol. The summed E-state index contributed by atoms with van der Waals surface area (Å²) < 4.78 is 5.38.